The van der Waals surface area contributed by atoms with E-state index < -0.39 is 11.9 Å². The van der Waals surface area contributed by atoms with Crippen molar-refractivity contribution >= 4 is 16.7 Å². The average Bonchev–Trinajstić information content (AvgIpc) is 2.95. The Bertz CT molecular complexity index is 913. The van der Waals surface area contributed by atoms with Crippen LogP contribution in [-0.4, -0.2) is 26.6 Å². The van der Waals surface area contributed by atoms with E-state index in [0.29, 0.717) is 24.5 Å². The number of nitrogens with one attached hydrogen (secondary N) is 1. The first-order valence-corrected chi connectivity index (χ1v) is 8.39. The lowest BCUT2D eigenvalue weighted by atomic mass is 10.1. The molecule has 1 heterocycles. The molecule has 8 heteroatoms. The quantitative estimate of drug-likeness (QED) is 0.597. The molecule has 3 aromatic rings. The summed E-state index contributed by atoms with van der Waals surface area (Å²) >= 11 is 0. The number of hydrogen-bond acceptors (Lipinski definition) is 4. The molecule has 27 heavy (non-hydrogen) atoms. The standard InChI is InChI=1S/C19H20F3N3O2/c1-18(2,26)9-10-25-12-23-16-8-7-15(11-17(16)25)27-14-5-3-13(4-6-14)24-19(20,21)22/h3-8,11-12,24,26H,9-10H2,1-2H3. The van der Waals surface area contributed by atoms with Gasteiger partial charge in [-0.1, -0.05) is 0 Å². The lowest BCUT2D eigenvalue weighted by Crippen LogP contribution is -2.20. The van der Waals surface area contributed by atoms with E-state index in [1.165, 1.54) is 29.6 Å². The van der Waals surface area contributed by atoms with Crippen LogP contribution in [0.4, 0.5) is 18.9 Å². The molecule has 0 spiro atoms. The summed E-state index contributed by atoms with van der Waals surface area (Å²) in [4.78, 5) is 4.32. The molecular formula is C19H20F3N3O2. The van der Waals surface area contributed by atoms with Crippen LogP contribution in [0.5, 0.6) is 11.5 Å². The van der Waals surface area contributed by atoms with Gasteiger partial charge in [-0.15, -0.1) is 0 Å². The van der Waals surface area contributed by atoms with Crippen molar-refractivity contribution in [1.82, 2.24) is 9.55 Å². The molecule has 0 bridgehead atoms. The SMILES string of the molecule is CC(C)(O)CCn1cnc2ccc(Oc3ccc(NC(F)(F)F)cc3)cc21. The Hall–Kier alpha value is -2.74. The van der Waals surface area contributed by atoms with Crippen LogP contribution < -0.4 is 10.1 Å². The molecule has 2 N–H and O–H groups in total. The van der Waals surface area contributed by atoms with Gasteiger partial charge in [-0.25, -0.2) is 4.98 Å². The number of fused-ring (bicyclic) bond motifs is 1. The number of rotatable bonds is 6. The van der Waals surface area contributed by atoms with E-state index in [1.54, 1.807) is 26.2 Å². The molecule has 0 radical (unpaired) electrons. The maximum atomic E-state index is 12.3. The summed E-state index contributed by atoms with van der Waals surface area (Å²) in [5.74, 6) is 0.966. The summed E-state index contributed by atoms with van der Waals surface area (Å²) in [5.41, 5.74) is 0.807. The van der Waals surface area contributed by atoms with Gasteiger partial charge in [0.15, 0.2) is 0 Å². The average molecular weight is 379 g/mol. The van der Waals surface area contributed by atoms with E-state index in [0.717, 1.165) is 11.0 Å². The normalized spacial score (nSPS) is 12.4. The summed E-state index contributed by atoms with van der Waals surface area (Å²) in [6, 6.07) is 10.9. The predicted molar refractivity (Wildman–Crippen MR) is 96.8 cm³/mol. The van der Waals surface area contributed by atoms with Gasteiger partial charge in [0.25, 0.3) is 0 Å². The Morgan fingerprint density at radius 2 is 1.74 bits per heavy atom. The number of hydrogen-bond donors (Lipinski definition) is 2. The maximum Gasteiger partial charge on any atom is 0.482 e. The molecule has 3 rings (SSSR count). The van der Waals surface area contributed by atoms with Crippen molar-refractivity contribution in [1.29, 1.82) is 0 Å². The molecule has 2 aromatic carbocycles. The highest BCUT2D eigenvalue weighted by Gasteiger charge is 2.26. The topological polar surface area (TPSA) is 59.3 Å². The number of imidazole rings is 1. The Morgan fingerprint density at radius 3 is 2.37 bits per heavy atom. The monoisotopic (exact) mass is 379 g/mol. The van der Waals surface area contributed by atoms with Gasteiger partial charge in [0, 0.05) is 18.3 Å². The van der Waals surface area contributed by atoms with Crippen LogP contribution in [-0.2, 0) is 6.54 Å². The Kier molecular flexibility index (Phi) is 5.01. The summed E-state index contributed by atoms with van der Waals surface area (Å²) < 4.78 is 44.6. The first kappa shape index (κ1) is 19.0. The Morgan fingerprint density at radius 1 is 1.07 bits per heavy atom. The lowest BCUT2D eigenvalue weighted by molar-refractivity contribution is -0.0999. The second kappa shape index (κ2) is 7.11. The number of alkyl halides is 3. The zero-order chi connectivity index (χ0) is 19.7. The third-order valence-corrected chi connectivity index (χ3v) is 3.93. The third-order valence-electron chi connectivity index (χ3n) is 3.93. The van der Waals surface area contributed by atoms with E-state index >= 15 is 0 Å². The molecule has 0 unspecified atom stereocenters. The Labute approximate surface area is 154 Å². The largest absolute Gasteiger partial charge is 0.482 e. The van der Waals surface area contributed by atoms with Crippen molar-refractivity contribution in [2.24, 2.45) is 0 Å². The van der Waals surface area contributed by atoms with Gasteiger partial charge in [0.05, 0.1) is 23.0 Å². The fourth-order valence-electron chi connectivity index (χ4n) is 2.58. The number of aromatic nitrogens is 2. The molecule has 0 aliphatic rings. The number of benzene rings is 2. The Balaban J connectivity index is 1.75. The van der Waals surface area contributed by atoms with Gasteiger partial charge < -0.3 is 14.4 Å². The third kappa shape index (κ3) is 5.37. The van der Waals surface area contributed by atoms with E-state index in [4.69, 9.17) is 4.74 Å². The molecule has 0 aliphatic heterocycles. The van der Waals surface area contributed by atoms with Crippen LogP contribution >= 0.6 is 0 Å². The minimum Gasteiger partial charge on any atom is -0.457 e. The maximum absolute atomic E-state index is 12.3. The predicted octanol–water partition coefficient (Wildman–Crippen LogP) is 4.92. The van der Waals surface area contributed by atoms with Gasteiger partial charge >= 0.3 is 6.30 Å². The van der Waals surface area contributed by atoms with Gasteiger partial charge in [0.2, 0.25) is 0 Å². The zero-order valence-corrected chi connectivity index (χ0v) is 14.9. The minimum atomic E-state index is -4.48. The molecule has 0 amide bonds. The smallest absolute Gasteiger partial charge is 0.457 e. The summed E-state index contributed by atoms with van der Waals surface area (Å²) in [6.45, 7) is 4.09. The highest BCUT2D eigenvalue weighted by molar-refractivity contribution is 5.77. The van der Waals surface area contributed by atoms with Crippen molar-refractivity contribution in [2.45, 2.75) is 38.7 Å². The van der Waals surface area contributed by atoms with Gasteiger partial charge in [-0.2, -0.15) is 13.2 Å². The molecule has 0 saturated heterocycles. The van der Waals surface area contributed by atoms with Crippen molar-refractivity contribution in [3.63, 3.8) is 0 Å². The summed E-state index contributed by atoms with van der Waals surface area (Å²) in [7, 11) is 0. The van der Waals surface area contributed by atoms with Crippen molar-refractivity contribution in [3.05, 3.63) is 48.8 Å². The van der Waals surface area contributed by atoms with E-state index in [1.807, 2.05) is 16.7 Å². The highest BCUT2D eigenvalue weighted by Crippen LogP contribution is 2.28. The van der Waals surface area contributed by atoms with Crippen molar-refractivity contribution < 1.29 is 23.0 Å². The zero-order valence-electron chi connectivity index (χ0n) is 14.9. The van der Waals surface area contributed by atoms with Crippen LogP contribution in [0.15, 0.2) is 48.8 Å². The van der Waals surface area contributed by atoms with E-state index in [9.17, 15) is 18.3 Å². The second-order valence-corrected chi connectivity index (χ2v) is 6.90. The molecule has 1 aromatic heterocycles. The number of anilines is 1. The molecule has 0 saturated carbocycles. The summed E-state index contributed by atoms with van der Waals surface area (Å²) in [6.07, 6.45) is -2.20. The van der Waals surface area contributed by atoms with Crippen LogP contribution in [0.1, 0.15) is 20.3 Å². The van der Waals surface area contributed by atoms with Crippen molar-refractivity contribution in [2.75, 3.05) is 5.32 Å². The van der Waals surface area contributed by atoms with Gasteiger partial charge in [-0.3, -0.25) is 5.32 Å². The minimum absolute atomic E-state index is 0.0602. The van der Waals surface area contributed by atoms with E-state index in [2.05, 4.69) is 4.98 Å². The van der Waals surface area contributed by atoms with Crippen LogP contribution in [0.25, 0.3) is 11.0 Å². The van der Waals surface area contributed by atoms with Crippen LogP contribution in [0, 0.1) is 0 Å². The number of aliphatic hydroxyl groups is 1. The second-order valence-electron chi connectivity index (χ2n) is 6.90. The lowest BCUT2D eigenvalue weighted by Gasteiger charge is -2.17. The molecule has 0 atom stereocenters. The number of nitrogens with zero attached hydrogens (tertiary/aromatic N) is 2. The van der Waals surface area contributed by atoms with Crippen LogP contribution in [0.2, 0.25) is 0 Å². The molecule has 5 nitrogen and oxygen atoms in total. The van der Waals surface area contributed by atoms with E-state index in [-0.39, 0.29) is 5.69 Å². The van der Waals surface area contributed by atoms with Crippen LogP contribution in [0.3, 0.4) is 0 Å². The molecular weight excluding hydrogens is 359 g/mol. The first-order chi connectivity index (χ1) is 12.6. The first-order valence-electron chi connectivity index (χ1n) is 8.39. The highest BCUT2D eigenvalue weighted by atomic mass is 19.4. The molecule has 0 aliphatic carbocycles. The molecule has 144 valence electrons. The van der Waals surface area contributed by atoms with Gasteiger partial charge in [-0.05, 0) is 56.7 Å². The number of ether oxygens (including phenoxy) is 1. The molecule has 0 fully saturated rings. The van der Waals surface area contributed by atoms with Crippen molar-refractivity contribution in [3.8, 4) is 11.5 Å². The number of halogens is 3. The van der Waals surface area contributed by atoms with Gasteiger partial charge in [0.1, 0.15) is 11.5 Å². The summed E-state index contributed by atoms with van der Waals surface area (Å²) in [5, 5.41) is 11.3. The number of aryl methyl sites for hydroxylation is 1. The fraction of sp³-hybridized carbons (Fsp3) is 0.316. The fourth-order valence-corrected chi connectivity index (χ4v) is 2.58.